The van der Waals surface area contributed by atoms with Gasteiger partial charge in [0.1, 0.15) is 44.7 Å². The Balaban J connectivity index is 2.82. The number of rotatable bonds is 9. The number of hydrogen-bond acceptors (Lipinski definition) is 12. The maximum Gasteiger partial charge on any atom is 0.466 e. The molecule has 0 aromatic rings. The smallest absolute Gasteiger partial charge is 0.394 e. The highest BCUT2D eigenvalue weighted by Gasteiger charge is 2.44. The Kier molecular flexibility index (Phi) is 9.36. The van der Waals surface area contributed by atoms with Gasteiger partial charge in [0, 0.05) is 12.0 Å². The molecule has 12 nitrogen and oxygen atoms in total. The summed E-state index contributed by atoms with van der Waals surface area (Å²) in [7, 11) is -8.08. The van der Waals surface area contributed by atoms with E-state index >= 15 is 0 Å². The Labute approximate surface area is 161 Å². The number of thioether (sulfide) groups is 1. The molecular weight excluding hydrogens is 430 g/mol. The van der Waals surface area contributed by atoms with Crippen molar-refractivity contribution in [1.82, 2.24) is 0 Å². The molecule has 0 aromatic heterocycles. The van der Waals surface area contributed by atoms with Crippen molar-refractivity contribution in [1.29, 1.82) is 0 Å². The molecule has 0 aliphatic carbocycles. The van der Waals surface area contributed by atoms with Crippen molar-refractivity contribution in [3.05, 3.63) is 0 Å². The summed E-state index contributed by atoms with van der Waals surface area (Å²) in [5.74, 6) is -0.107. The first-order valence-electron chi connectivity index (χ1n) is 7.72. The first-order valence-corrected chi connectivity index (χ1v) is 12.0. The van der Waals surface area contributed by atoms with Crippen LogP contribution in [0.25, 0.3) is 0 Å². The Morgan fingerprint density at radius 3 is 2.26 bits per heavy atom. The van der Waals surface area contributed by atoms with E-state index in [2.05, 4.69) is 9.44 Å². The first kappa shape index (κ1) is 24.5. The normalized spacial score (nSPS) is 30.3. The van der Waals surface area contributed by atoms with Crippen LogP contribution in [0.1, 0.15) is 19.3 Å². The van der Waals surface area contributed by atoms with E-state index < -0.39 is 56.7 Å². The quantitative estimate of drug-likeness (QED) is 0.0835. The van der Waals surface area contributed by atoms with Crippen LogP contribution < -0.4 is 0 Å². The van der Waals surface area contributed by atoms with Crippen LogP contribution in [-0.4, -0.2) is 95.3 Å². The van der Waals surface area contributed by atoms with Crippen molar-refractivity contribution in [2.75, 3.05) is 18.6 Å². The van der Waals surface area contributed by atoms with Crippen molar-refractivity contribution in [3.63, 3.8) is 0 Å². The second-order valence-corrected chi connectivity index (χ2v) is 10.3. The summed E-state index contributed by atoms with van der Waals surface area (Å²) in [6.45, 7) is -0.648. The van der Waals surface area contributed by atoms with E-state index in [1.165, 1.54) is 0 Å². The summed E-state index contributed by atoms with van der Waals surface area (Å²) in [6, 6.07) is 0. The molecule has 1 fully saturated rings. The predicted octanol–water partition coefficient (Wildman–Crippen LogP) is -2.13. The van der Waals surface area contributed by atoms with Crippen molar-refractivity contribution in [2.45, 2.75) is 49.1 Å². The van der Waals surface area contributed by atoms with E-state index in [4.69, 9.17) is 14.4 Å². The SMILES string of the molecule is CS(=O)(=O)CCCC/C(=N\OS(=O)(=O)O)S[C@@H]1O[C@H](CO)[C@@H](O)[C@H](O)[C@H]1O. The van der Waals surface area contributed by atoms with Crippen molar-refractivity contribution >= 4 is 37.0 Å². The van der Waals surface area contributed by atoms with E-state index in [-0.39, 0.29) is 30.1 Å². The maximum absolute atomic E-state index is 11.1. The molecule has 1 aliphatic heterocycles. The number of ether oxygens (including phenoxy) is 1. The highest BCUT2D eigenvalue weighted by atomic mass is 32.3. The topological polar surface area (TPSA) is 200 Å². The molecule has 5 N–H and O–H groups in total. The van der Waals surface area contributed by atoms with Crippen LogP contribution in [0, 0.1) is 0 Å². The van der Waals surface area contributed by atoms with Gasteiger partial charge in [0.15, 0.2) is 0 Å². The molecule has 0 bridgehead atoms. The average molecular weight is 454 g/mol. The number of sulfone groups is 1. The first-order chi connectivity index (χ1) is 12.3. The van der Waals surface area contributed by atoms with Gasteiger partial charge in [0.2, 0.25) is 0 Å². The number of aliphatic hydroxyl groups is 4. The average Bonchev–Trinajstić information content (AvgIpc) is 2.54. The third-order valence-corrected chi connectivity index (χ3v) is 5.96. The monoisotopic (exact) mass is 453 g/mol. The highest BCUT2D eigenvalue weighted by molar-refractivity contribution is 8.14. The number of aliphatic hydroxyl groups excluding tert-OH is 4. The molecule has 0 aromatic carbocycles. The van der Waals surface area contributed by atoms with Gasteiger partial charge in [-0.2, -0.15) is 8.42 Å². The molecule has 0 amide bonds. The molecule has 160 valence electrons. The minimum absolute atomic E-state index is 0.0186. The van der Waals surface area contributed by atoms with Crippen LogP contribution in [0.15, 0.2) is 5.16 Å². The highest BCUT2D eigenvalue weighted by Crippen LogP contribution is 2.30. The van der Waals surface area contributed by atoms with Crippen molar-refractivity contribution in [3.8, 4) is 0 Å². The predicted molar refractivity (Wildman–Crippen MR) is 95.0 cm³/mol. The van der Waals surface area contributed by atoms with Gasteiger partial charge in [-0.1, -0.05) is 16.9 Å². The number of oxime groups is 1. The lowest BCUT2D eigenvalue weighted by Gasteiger charge is -2.39. The summed E-state index contributed by atoms with van der Waals surface area (Å²) in [5.41, 5.74) is -1.24. The molecule has 0 saturated carbocycles. The number of unbranched alkanes of at least 4 members (excludes halogenated alkanes) is 1. The summed E-state index contributed by atoms with van der Waals surface area (Å²) in [4.78, 5) is 0. The minimum atomic E-state index is -4.89. The molecule has 1 saturated heterocycles. The lowest BCUT2D eigenvalue weighted by molar-refractivity contribution is -0.205. The fraction of sp³-hybridized carbons (Fsp3) is 0.917. The van der Waals surface area contributed by atoms with Crippen LogP contribution >= 0.6 is 11.8 Å². The van der Waals surface area contributed by atoms with Crippen molar-refractivity contribution < 1.29 is 50.8 Å². The van der Waals surface area contributed by atoms with E-state index in [0.717, 1.165) is 6.26 Å². The van der Waals surface area contributed by atoms with Gasteiger partial charge in [-0.15, -0.1) is 0 Å². The van der Waals surface area contributed by atoms with Gasteiger partial charge in [-0.05, 0) is 19.3 Å². The zero-order valence-electron chi connectivity index (χ0n) is 14.3. The molecule has 1 rings (SSSR count). The van der Waals surface area contributed by atoms with Crippen LogP contribution in [0.5, 0.6) is 0 Å². The van der Waals surface area contributed by atoms with Crippen LogP contribution in [0.2, 0.25) is 0 Å². The zero-order chi connectivity index (χ0) is 20.8. The standard InChI is InChI=1S/C12H23NO11S3/c1-26(18,19)5-3-2-4-8(13-24-27(20,21)22)25-12-11(17)10(16)9(15)7(6-14)23-12/h7,9-12,14-17H,2-6H2,1H3,(H,20,21,22)/b13-8+/t7-,9-,10+,11-,12+/m1/s1. The Morgan fingerprint density at radius 1 is 1.11 bits per heavy atom. The minimum Gasteiger partial charge on any atom is -0.394 e. The van der Waals surface area contributed by atoms with Gasteiger partial charge < -0.3 is 25.2 Å². The molecule has 1 heterocycles. The van der Waals surface area contributed by atoms with Crippen LogP contribution in [-0.2, 0) is 29.3 Å². The summed E-state index contributed by atoms with van der Waals surface area (Å²) >= 11 is 0.643. The molecule has 5 atom stereocenters. The Bertz CT molecular complexity index is 706. The van der Waals surface area contributed by atoms with Crippen molar-refractivity contribution in [2.24, 2.45) is 5.16 Å². The lowest BCUT2D eigenvalue weighted by Crippen LogP contribution is -2.57. The van der Waals surface area contributed by atoms with E-state index in [9.17, 15) is 32.2 Å². The second kappa shape index (κ2) is 10.3. The van der Waals surface area contributed by atoms with Crippen LogP contribution in [0.3, 0.4) is 0 Å². The fourth-order valence-corrected chi connectivity index (χ4v) is 4.22. The molecule has 1 aliphatic rings. The zero-order valence-corrected chi connectivity index (χ0v) is 16.7. The molecule has 0 spiro atoms. The van der Waals surface area contributed by atoms with E-state index in [0.29, 0.717) is 11.8 Å². The maximum atomic E-state index is 11.1. The third-order valence-electron chi connectivity index (χ3n) is 3.49. The van der Waals surface area contributed by atoms with E-state index in [1.807, 2.05) is 0 Å². The lowest BCUT2D eigenvalue weighted by atomic mass is 10.0. The number of nitrogens with zero attached hydrogens (tertiary/aromatic N) is 1. The van der Waals surface area contributed by atoms with Gasteiger partial charge in [0.25, 0.3) is 0 Å². The Morgan fingerprint density at radius 2 is 1.74 bits per heavy atom. The molecule has 0 unspecified atom stereocenters. The second-order valence-electron chi connectivity index (χ2n) is 5.89. The number of hydrogen-bond donors (Lipinski definition) is 5. The van der Waals surface area contributed by atoms with Gasteiger partial charge in [-0.25, -0.2) is 12.7 Å². The van der Waals surface area contributed by atoms with Gasteiger partial charge in [-0.3, -0.25) is 4.55 Å². The third kappa shape index (κ3) is 9.01. The summed E-state index contributed by atoms with van der Waals surface area (Å²) in [5, 5.41) is 41.8. The van der Waals surface area contributed by atoms with Crippen LogP contribution in [0.4, 0.5) is 0 Å². The summed E-state index contributed by atoms with van der Waals surface area (Å²) < 4.78 is 61.5. The molecular formula is C12H23NO11S3. The van der Waals surface area contributed by atoms with Gasteiger partial charge >= 0.3 is 10.4 Å². The molecule has 15 heteroatoms. The van der Waals surface area contributed by atoms with Gasteiger partial charge in [0.05, 0.1) is 6.61 Å². The summed E-state index contributed by atoms with van der Waals surface area (Å²) in [6.07, 6.45) is -4.40. The molecule has 27 heavy (non-hydrogen) atoms. The molecule has 0 radical (unpaired) electrons. The largest absolute Gasteiger partial charge is 0.466 e. The fourth-order valence-electron chi connectivity index (χ4n) is 2.15. The Hall–Kier alpha value is -0.520. The van der Waals surface area contributed by atoms with E-state index in [1.54, 1.807) is 0 Å².